The van der Waals surface area contributed by atoms with Gasteiger partial charge in [0.2, 0.25) is 5.91 Å². The number of esters is 4. The molecule has 4 aromatic rings. The van der Waals surface area contributed by atoms with Crippen LogP contribution < -0.4 is 16.3 Å². The standard InChI is InChI=1S/C36H34N4O11/c1-2-47-29(42)21-38-28(41)20-37-27-18-19-40(36(46)39-27)32-31(51-35(45)25-16-10-5-11-17-25)30(50-34(44)24-14-8-4-9-15-24)26(49-32)22-48-33(43)23-12-6-3-7-13-23/h3-19,26,30-32H,2,20-22H2,1H3,(H,38,41)(H,37,39,46)/t26-,30-,31-,32-/m1/s1. The maximum absolute atomic E-state index is 13.4. The third-order valence-electron chi connectivity index (χ3n) is 7.45. The number of benzene rings is 3. The molecular formula is C36H34N4O11. The molecule has 3 aromatic carbocycles. The molecule has 5 rings (SSSR count). The van der Waals surface area contributed by atoms with Gasteiger partial charge >= 0.3 is 29.6 Å². The maximum atomic E-state index is 13.4. The minimum absolute atomic E-state index is 0.0127. The number of nitrogens with zero attached hydrogens (tertiary/aromatic N) is 2. The highest BCUT2D eigenvalue weighted by Gasteiger charge is 2.51. The number of hydrogen-bond acceptors (Lipinski definition) is 13. The molecule has 15 heteroatoms. The summed E-state index contributed by atoms with van der Waals surface area (Å²) in [5.41, 5.74) is -0.257. The molecule has 15 nitrogen and oxygen atoms in total. The van der Waals surface area contributed by atoms with Crippen molar-refractivity contribution < 1.29 is 47.7 Å². The number of ether oxygens (including phenoxy) is 5. The Kier molecular flexibility index (Phi) is 12.2. The Morgan fingerprint density at radius 1 is 0.725 bits per heavy atom. The number of carbonyl (C=O) groups is 5. The Labute approximate surface area is 291 Å². The van der Waals surface area contributed by atoms with Crippen molar-refractivity contribution in [2.75, 3.05) is 31.6 Å². The van der Waals surface area contributed by atoms with Gasteiger partial charge in [-0.05, 0) is 49.4 Å². The second-order valence-corrected chi connectivity index (χ2v) is 10.9. The predicted molar refractivity (Wildman–Crippen MR) is 179 cm³/mol. The molecule has 1 aliphatic rings. The Bertz CT molecular complexity index is 1890. The second kappa shape index (κ2) is 17.3. The van der Waals surface area contributed by atoms with Crippen molar-refractivity contribution >= 4 is 35.6 Å². The number of anilines is 1. The van der Waals surface area contributed by atoms with Gasteiger partial charge in [-0.15, -0.1) is 0 Å². The molecule has 1 aromatic heterocycles. The highest BCUT2D eigenvalue weighted by molar-refractivity contribution is 5.91. The van der Waals surface area contributed by atoms with Gasteiger partial charge in [-0.25, -0.2) is 19.2 Å². The van der Waals surface area contributed by atoms with E-state index in [2.05, 4.69) is 15.6 Å². The zero-order chi connectivity index (χ0) is 36.2. The summed E-state index contributed by atoms with van der Waals surface area (Å²) in [6.45, 7) is 0.710. The number of nitrogens with one attached hydrogen (secondary N) is 2. The minimum Gasteiger partial charge on any atom is -0.465 e. The van der Waals surface area contributed by atoms with Crippen LogP contribution in [0.3, 0.4) is 0 Å². The number of carbonyl (C=O) groups excluding carboxylic acids is 5. The lowest BCUT2D eigenvalue weighted by Crippen LogP contribution is -2.42. The van der Waals surface area contributed by atoms with Crippen LogP contribution in [0.4, 0.5) is 5.82 Å². The van der Waals surface area contributed by atoms with Gasteiger partial charge in [0, 0.05) is 6.20 Å². The molecule has 1 fully saturated rings. The van der Waals surface area contributed by atoms with Crippen LogP contribution in [0.15, 0.2) is 108 Å². The fourth-order valence-electron chi connectivity index (χ4n) is 5.00. The molecule has 2 heterocycles. The van der Waals surface area contributed by atoms with Crippen LogP contribution in [0.1, 0.15) is 44.2 Å². The molecule has 4 atom stereocenters. The van der Waals surface area contributed by atoms with Gasteiger partial charge in [0.1, 0.15) is 25.1 Å². The predicted octanol–water partition coefficient (Wildman–Crippen LogP) is 2.54. The summed E-state index contributed by atoms with van der Waals surface area (Å²) in [4.78, 5) is 80.6. The third-order valence-corrected chi connectivity index (χ3v) is 7.45. The molecule has 1 saturated heterocycles. The largest absolute Gasteiger partial charge is 0.465 e. The molecule has 0 aliphatic carbocycles. The van der Waals surface area contributed by atoms with Crippen LogP contribution in [-0.2, 0) is 33.3 Å². The van der Waals surface area contributed by atoms with E-state index in [9.17, 15) is 28.8 Å². The van der Waals surface area contributed by atoms with Crippen LogP contribution in [0.25, 0.3) is 0 Å². The molecule has 0 bridgehead atoms. The van der Waals surface area contributed by atoms with E-state index in [0.717, 1.165) is 4.57 Å². The molecule has 1 aliphatic heterocycles. The topological polar surface area (TPSA) is 190 Å². The van der Waals surface area contributed by atoms with E-state index in [-0.39, 0.29) is 42.2 Å². The van der Waals surface area contributed by atoms with E-state index in [1.807, 2.05) is 0 Å². The first kappa shape index (κ1) is 35.9. The first-order valence-electron chi connectivity index (χ1n) is 15.9. The minimum atomic E-state index is -1.43. The van der Waals surface area contributed by atoms with E-state index >= 15 is 0 Å². The molecule has 2 N–H and O–H groups in total. The van der Waals surface area contributed by atoms with Gasteiger partial charge in [0.25, 0.3) is 0 Å². The molecule has 0 radical (unpaired) electrons. The van der Waals surface area contributed by atoms with Crippen molar-refractivity contribution in [2.45, 2.75) is 31.5 Å². The molecule has 0 spiro atoms. The summed E-state index contributed by atoms with van der Waals surface area (Å²) in [5.74, 6) is -3.42. The SMILES string of the molecule is CCOC(=O)CNC(=O)CNc1ccn([C@@H]2O[C@H](COC(=O)c3ccccc3)[C@@H](OC(=O)c3ccccc3)[C@H]2OC(=O)c2ccccc2)c(=O)n1. The number of rotatable bonds is 14. The van der Waals surface area contributed by atoms with Crippen LogP contribution in [-0.4, -0.2) is 84.0 Å². The number of hydrogen-bond donors (Lipinski definition) is 2. The van der Waals surface area contributed by atoms with Crippen molar-refractivity contribution in [3.8, 4) is 0 Å². The van der Waals surface area contributed by atoms with Crippen molar-refractivity contribution in [1.29, 1.82) is 0 Å². The average Bonchev–Trinajstić information content (AvgIpc) is 3.48. The zero-order valence-corrected chi connectivity index (χ0v) is 27.3. The summed E-state index contributed by atoms with van der Waals surface area (Å²) < 4.78 is 29.3. The van der Waals surface area contributed by atoms with Crippen LogP contribution >= 0.6 is 0 Å². The first-order valence-corrected chi connectivity index (χ1v) is 15.9. The van der Waals surface area contributed by atoms with Crippen molar-refractivity contribution in [3.63, 3.8) is 0 Å². The summed E-state index contributed by atoms with van der Waals surface area (Å²) in [6, 6.07) is 25.6. The van der Waals surface area contributed by atoms with Crippen LogP contribution in [0, 0.1) is 0 Å². The van der Waals surface area contributed by atoms with Crippen molar-refractivity contribution in [2.24, 2.45) is 0 Å². The van der Waals surface area contributed by atoms with Gasteiger partial charge < -0.3 is 34.3 Å². The smallest absolute Gasteiger partial charge is 0.351 e. The Hall–Kier alpha value is -6.35. The van der Waals surface area contributed by atoms with Gasteiger partial charge in [0.15, 0.2) is 18.4 Å². The summed E-state index contributed by atoms with van der Waals surface area (Å²) in [7, 11) is 0. The quantitative estimate of drug-likeness (QED) is 0.144. The molecule has 264 valence electrons. The van der Waals surface area contributed by atoms with Crippen LogP contribution in [0.5, 0.6) is 0 Å². The van der Waals surface area contributed by atoms with Crippen molar-refractivity contribution in [3.05, 3.63) is 130 Å². The Morgan fingerprint density at radius 3 is 1.82 bits per heavy atom. The molecular weight excluding hydrogens is 664 g/mol. The fourth-order valence-corrected chi connectivity index (χ4v) is 5.00. The first-order chi connectivity index (χ1) is 24.7. The van der Waals surface area contributed by atoms with Gasteiger partial charge in [0.05, 0.1) is 29.8 Å². The summed E-state index contributed by atoms with van der Waals surface area (Å²) >= 11 is 0. The van der Waals surface area contributed by atoms with E-state index < -0.39 is 66.6 Å². The summed E-state index contributed by atoms with van der Waals surface area (Å²) in [5, 5.41) is 5.07. The van der Waals surface area contributed by atoms with E-state index in [4.69, 9.17) is 23.7 Å². The highest BCUT2D eigenvalue weighted by atomic mass is 16.7. The maximum Gasteiger partial charge on any atom is 0.351 e. The van der Waals surface area contributed by atoms with Gasteiger partial charge in [-0.3, -0.25) is 14.2 Å². The molecule has 1 amide bonds. The molecule has 51 heavy (non-hydrogen) atoms. The fraction of sp³-hybridized carbons (Fsp3) is 0.250. The van der Waals surface area contributed by atoms with E-state index in [0.29, 0.717) is 0 Å². The lowest BCUT2D eigenvalue weighted by molar-refractivity contribution is -0.143. The second-order valence-electron chi connectivity index (χ2n) is 10.9. The van der Waals surface area contributed by atoms with Gasteiger partial charge in [-0.2, -0.15) is 4.98 Å². The average molecular weight is 699 g/mol. The Morgan fingerprint density at radius 2 is 1.27 bits per heavy atom. The van der Waals surface area contributed by atoms with Crippen LogP contribution in [0.2, 0.25) is 0 Å². The van der Waals surface area contributed by atoms with E-state index in [1.165, 1.54) is 36.5 Å². The number of aromatic nitrogens is 2. The van der Waals surface area contributed by atoms with Crippen molar-refractivity contribution in [1.82, 2.24) is 14.9 Å². The molecule has 0 unspecified atom stereocenters. The highest BCUT2D eigenvalue weighted by Crippen LogP contribution is 2.35. The normalized spacial score (nSPS) is 17.8. The lowest BCUT2D eigenvalue weighted by Gasteiger charge is -2.25. The summed E-state index contributed by atoms with van der Waals surface area (Å²) in [6.07, 6.45) is -4.13. The zero-order valence-electron chi connectivity index (χ0n) is 27.3. The third kappa shape index (κ3) is 9.64. The monoisotopic (exact) mass is 698 g/mol. The number of amides is 1. The van der Waals surface area contributed by atoms with Gasteiger partial charge in [-0.1, -0.05) is 54.6 Å². The Balaban J connectivity index is 1.41. The lowest BCUT2D eigenvalue weighted by atomic mass is 10.1. The molecule has 0 saturated carbocycles. The van der Waals surface area contributed by atoms with E-state index in [1.54, 1.807) is 73.7 Å².